The number of hydrogen-bond donors (Lipinski definition) is 3. The van der Waals surface area contributed by atoms with Crippen LogP contribution in [0.15, 0.2) is 24.3 Å². The molecule has 1 aromatic carbocycles. The molecule has 7 heteroatoms. The molecule has 4 amide bonds. The third kappa shape index (κ3) is 10.3. The van der Waals surface area contributed by atoms with E-state index in [4.69, 9.17) is 17.3 Å². The van der Waals surface area contributed by atoms with E-state index in [1.807, 2.05) is 44.3 Å². The number of carbonyl (C=O) groups excluding carboxylic acids is 3. The number of primary amides is 1. The van der Waals surface area contributed by atoms with Crippen molar-refractivity contribution in [1.82, 2.24) is 10.6 Å². The lowest BCUT2D eigenvalue weighted by atomic mass is 9.97. The second-order valence-electron chi connectivity index (χ2n) is 6.33. The van der Waals surface area contributed by atoms with Crippen molar-refractivity contribution >= 4 is 29.4 Å². The van der Waals surface area contributed by atoms with E-state index in [0.717, 1.165) is 31.2 Å². The van der Waals surface area contributed by atoms with Crippen molar-refractivity contribution in [2.75, 3.05) is 0 Å². The summed E-state index contributed by atoms with van der Waals surface area (Å²) in [5.41, 5.74) is 5.88. The van der Waals surface area contributed by atoms with Crippen LogP contribution in [0.3, 0.4) is 0 Å². The summed E-state index contributed by atoms with van der Waals surface area (Å²) in [5, 5.41) is 5.65. The van der Waals surface area contributed by atoms with Gasteiger partial charge < -0.3 is 11.1 Å². The molecule has 2 atom stereocenters. The molecular formula is C21H34ClN3O3. The molecule has 1 unspecified atom stereocenters. The van der Waals surface area contributed by atoms with Crippen LogP contribution in [0, 0.1) is 5.92 Å². The van der Waals surface area contributed by atoms with Crippen LogP contribution in [0.1, 0.15) is 77.8 Å². The van der Waals surface area contributed by atoms with Gasteiger partial charge in [0.2, 0.25) is 11.8 Å². The van der Waals surface area contributed by atoms with Gasteiger partial charge in [0.25, 0.3) is 0 Å². The van der Waals surface area contributed by atoms with E-state index >= 15 is 0 Å². The molecule has 0 aliphatic rings. The van der Waals surface area contributed by atoms with Gasteiger partial charge in [0.05, 0.1) is 6.04 Å². The average Bonchev–Trinajstić information content (AvgIpc) is 2.66. The summed E-state index contributed by atoms with van der Waals surface area (Å²) >= 11 is 6.08. The van der Waals surface area contributed by atoms with Crippen LogP contribution in [-0.4, -0.2) is 17.8 Å². The number of imide groups is 1. The van der Waals surface area contributed by atoms with Gasteiger partial charge in [-0.3, -0.25) is 14.9 Å². The zero-order valence-electron chi connectivity index (χ0n) is 17.4. The number of urea groups is 1. The normalized spacial score (nSPS) is 12.2. The average molecular weight is 412 g/mol. The first kappa shape index (κ1) is 25.9. The molecule has 0 spiro atoms. The quantitative estimate of drug-likeness (QED) is 0.485. The maximum atomic E-state index is 12.7. The fourth-order valence-electron chi connectivity index (χ4n) is 2.77. The molecule has 6 nitrogen and oxygen atoms in total. The van der Waals surface area contributed by atoms with Crippen molar-refractivity contribution in [3.8, 4) is 0 Å². The standard InChI is InChI=1S/C19H28ClN3O3.C2H6/c1-3-5-6-10-16(14-8-7-9-15(20)11-14)22-18(25)13(4-2)12-17(24)23-19(21)26;1-2/h7-9,11,13,16H,3-6,10,12H2,1-2H3,(H,22,25)(H3,21,23,24,26);1-2H3/t13-,16?;/m1./s1. The third-order valence-corrected chi connectivity index (χ3v) is 4.46. The van der Waals surface area contributed by atoms with Crippen molar-refractivity contribution in [3.05, 3.63) is 34.9 Å². The molecule has 0 aliphatic heterocycles. The molecule has 1 aromatic rings. The molecule has 0 aromatic heterocycles. The van der Waals surface area contributed by atoms with E-state index in [9.17, 15) is 14.4 Å². The first-order chi connectivity index (χ1) is 13.4. The fourth-order valence-corrected chi connectivity index (χ4v) is 2.97. The first-order valence-corrected chi connectivity index (χ1v) is 10.4. The Morgan fingerprint density at radius 1 is 1.14 bits per heavy atom. The second kappa shape index (κ2) is 14.9. The molecule has 0 fully saturated rings. The van der Waals surface area contributed by atoms with E-state index in [1.165, 1.54) is 0 Å². The number of hydrogen-bond acceptors (Lipinski definition) is 3. The minimum absolute atomic E-state index is 0.0809. The van der Waals surface area contributed by atoms with Gasteiger partial charge in [-0.05, 0) is 30.5 Å². The van der Waals surface area contributed by atoms with Crippen LogP contribution in [0.4, 0.5) is 4.79 Å². The number of nitrogens with one attached hydrogen (secondary N) is 2. The monoisotopic (exact) mass is 411 g/mol. The lowest BCUT2D eigenvalue weighted by Crippen LogP contribution is -2.39. The molecular weight excluding hydrogens is 378 g/mol. The Morgan fingerprint density at radius 2 is 1.82 bits per heavy atom. The molecule has 4 N–H and O–H groups in total. The van der Waals surface area contributed by atoms with Crippen LogP contribution in [-0.2, 0) is 9.59 Å². The Labute approximate surface area is 173 Å². The van der Waals surface area contributed by atoms with Gasteiger partial charge in [-0.1, -0.05) is 70.7 Å². The van der Waals surface area contributed by atoms with Gasteiger partial charge in [0, 0.05) is 17.4 Å². The molecule has 0 saturated heterocycles. The van der Waals surface area contributed by atoms with E-state index < -0.39 is 17.9 Å². The Kier molecular flexibility index (Phi) is 13.8. The van der Waals surface area contributed by atoms with Crippen LogP contribution in [0.2, 0.25) is 5.02 Å². The van der Waals surface area contributed by atoms with Crippen molar-refractivity contribution in [2.24, 2.45) is 11.7 Å². The number of carbonyl (C=O) groups is 3. The minimum Gasteiger partial charge on any atom is -0.351 e. The van der Waals surface area contributed by atoms with Crippen LogP contribution in [0.5, 0.6) is 0 Å². The summed E-state index contributed by atoms with van der Waals surface area (Å²) in [4.78, 5) is 35.2. The van der Waals surface area contributed by atoms with Crippen molar-refractivity contribution < 1.29 is 14.4 Å². The topological polar surface area (TPSA) is 101 Å². The SMILES string of the molecule is CC.CCCCCC(NC(=O)[C@H](CC)CC(=O)NC(N)=O)c1cccc(Cl)c1. The summed E-state index contributed by atoms with van der Waals surface area (Å²) < 4.78 is 0. The molecule has 28 heavy (non-hydrogen) atoms. The van der Waals surface area contributed by atoms with Crippen LogP contribution < -0.4 is 16.4 Å². The number of rotatable bonds is 10. The lowest BCUT2D eigenvalue weighted by molar-refractivity contribution is -0.130. The molecule has 0 saturated carbocycles. The van der Waals surface area contributed by atoms with Crippen molar-refractivity contribution in [2.45, 2.75) is 72.3 Å². The van der Waals surface area contributed by atoms with E-state index in [1.54, 1.807) is 6.07 Å². The highest BCUT2D eigenvalue weighted by molar-refractivity contribution is 6.30. The maximum absolute atomic E-state index is 12.7. The first-order valence-electron chi connectivity index (χ1n) is 10.0. The Balaban J connectivity index is 0.00000352. The number of unbranched alkanes of at least 4 members (excludes halogenated alkanes) is 2. The van der Waals surface area contributed by atoms with Gasteiger partial charge in [0.1, 0.15) is 0 Å². The summed E-state index contributed by atoms with van der Waals surface area (Å²) in [6.07, 6.45) is 4.33. The molecule has 0 radical (unpaired) electrons. The van der Waals surface area contributed by atoms with Gasteiger partial charge in [-0.15, -0.1) is 0 Å². The zero-order chi connectivity index (χ0) is 21.5. The van der Waals surface area contributed by atoms with E-state index in [0.29, 0.717) is 11.4 Å². The summed E-state index contributed by atoms with van der Waals surface area (Å²) in [5.74, 6) is -1.29. The van der Waals surface area contributed by atoms with Crippen LogP contribution >= 0.6 is 11.6 Å². The molecule has 158 valence electrons. The molecule has 1 rings (SSSR count). The number of benzene rings is 1. The highest BCUT2D eigenvalue weighted by atomic mass is 35.5. The highest BCUT2D eigenvalue weighted by Crippen LogP contribution is 2.24. The summed E-state index contributed by atoms with van der Waals surface area (Å²) in [7, 11) is 0. The summed E-state index contributed by atoms with van der Waals surface area (Å²) in [6, 6.07) is 6.35. The predicted molar refractivity (Wildman–Crippen MR) is 114 cm³/mol. The predicted octanol–water partition coefficient (Wildman–Crippen LogP) is 4.72. The lowest BCUT2D eigenvalue weighted by Gasteiger charge is -2.23. The third-order valence-electron chi connectivity index (χ3n) is 4.22. The summed E-state index contributed by atoms with van der Waals surface area (Å²) in [6.45, 7) is 7.95. The van der Waals surface area contributed by atoms with Crippen molar-refractivity contribution in [1.29, 1.82) is 0 Å². The van der Waals surface area contributed by atoms with Gasteiger partial charge >= 0.3 is 6.03 Å². The van der Waals surface area contributed by atoms with Crippen LogP contribution in [0.25, 0.3) is 0 Å². The maximum Gasteiger partial charge on any atom is 0.318 e. The largest absolute Gasteiger partial charge is 0.351 e. The highest BCUT2D eigenvalue weighted by Gasteiger charge is 2.24. The Bertz CT molecular complexity index is 623. The smallest absolute Gasteiger partial charge is 0.318 e. The van der Waals surface area contributed by atoms with Gasteiger partial charge in [-0.2, -0.15) is 0 Å². The van der Waals surface area contributed by atoms with E-state index in [-0.39, 0.29) is 18.4 Å². The number of halogens is 1. The zero-order valence-corrected chi connectivity index (χ0v) is 18.1. The second-order valence-corrected chi connectivity index (χ2v) is 6.77. The fraction of sp³-hybridized carbons (Fsp3) is 0.571. The molecule has 0 aliphatic carbocycles. The number of amides is 4. The van der Waals surface area contributed by atoms with Crippen molar-refractivity contribution in [3.63, 3.8) is 0 Å². The number of nitrogens with two attached hydrogens (primary N) is 1. The molecule has 0 bridgehead atoms. The van der Waals surface area contributed by atoms with Gasteiger partial charge in [0.15, 0.2) is 0 Å². The molecule has 0 heterocycles. The Hall–Kier alpha value is -2.08. The Morgan fingerprint density at radius 3 is 2.36 bits per heavy atom. The van der Waals surface area contributed by atoms with Gasteiger partial charge in [-0.25, -0.2) is 4.79 Å². The van der Waals surface area contributed by atoms with E-state index in [2.05, 4.69) is 12.2 Å². The minimum atomic E-state index is -0.915.